The van der Waals surface area contributed by atoms with E-state index in [1.54, 1.807) is 18.2 Å². The monoisotopic (exact) mass is 416 g/mol. The van der Waals surface area contributed by atoms with Gasteiger partial charge in [0.2, 0.25) is 5.91 Å². The lowest BCUT2D eigenvalue weighted by molar-refractivity contribution is -0.131. The molecule has 0 aliphatic carbocycles. The molecule has 0 unspecified atom stereocenters. The quantitative estimate of drug-likeness (QED) is 0.335. The van der Waals surface area contributed by atoms with Crippen molar-refractivity contribution >= 4 is 17.8 Å². The van der Waals surface area contributed by atoms with Gasteiger partial charge in [-0.15, -0.1) is 0 Å². The van der Waals surface area contributed by atoms with Gasteiger partial charge < -0.3 is 15.4 Å². The molecule has 3 aromatic rings. The second kappa shape index (κ2) is 10.7. The number of amides is 2. The topological polar surface area (TPSA) is 84.5 Å². The molecule has 158 valence electrons. The molecular formula is C25H24N2O4. The molecule has 0 saturated carbocycles. The lowest BCUT2D eigenvalue weighted by atomic mass is 9.90. The summed E-state index contributed by atoms with van der Waals surface area (Å²) in [5.41, 5.74) is 2.17. The van der Waals surface area contributed by atoms with E-state index in [1.807, 2.05) is 60.7 Å². The predicted molar refractivity (Wildman–Crippen MR) is 118 cm³/mol. The maximum atomic E-state index is 12.9. The average Bonchev–Trinajstić information content (AvgIpc) is 2.78. The predicted octanol–water partition coefficient (Wildman–Crippen LogP) is 3.29. The fraction of sp³-hybridized carbons (Fsp3) is 0.160. The van der Waals surface area contributed by atoms with Crippen molar-refractivity contribution in [1.82, 2.24) is 10.6 Å². The summed E-state index contributed by atoms with van der Waals surface area (Å²) in [4.78, 5) is 36.3. The molecule has 0 atom stereocenters. The molecule has 0 aliphatic rings. The zero-order valence-electron chi connectivity index (χ0n) is 17.2. The molecule has 0 spiro atoms. The Morgan fingerprint density at radius 1 is 0.774 bits per heavy atom. The highest BCUT2D eigenvalue weighted by molar-refractivity contribution is 5.94. The van der Waals surface area contributed by atoms with Gasteiger partial charge in [0, 0.05) is 25.6 Å². The Hall–Kier alpha value is -3.93. The molecule has 0 aromatic heterocycles. The Balaban J connectivity index is 1.57. The third kappa shape index (κ3) is 6.27. The zero-order chi connectivity index (χ0) is 22.1. The second-order valence-corrected chi connectivity index (χ2v) is 6.92. The molecular weight excluding hydrogens is 392 g/mol. The first-order valence-electron chi connectivity index (χ1n) is 9.99. The van der Waals surface area contributed by atoms with Crippen LogP contribution in [0.15, 0.2) is 84.9 Å². The molecule has 3 rings (SSSR count). The molecule has 0 saturated heterocycles. The van der Waals surface area contributed by atoms with Crippen LogP contribution < -0.4 is 15.4 Å². The summed E-state index contributed by atoms with van der Waals surface area (Å²) in [7, 11) is 0. The van der Waals surface area contributed by atoms with Crippen molar-refractivity contribution in [3.05, 3.63) is 102 Å². The highest BCUT2D eigenvalue weighted by Gasteiger charge is 2.22. The van der Waals surface area contributed by atoms with E-state index in [0.717, 1.165) is 11.1 Å². The number of hydrogen-bond acceptors (Lipinski definition) is 4. The number of carbonyl (C=O) groups is 3. The summed E-state index contributed by atoms with van der Waals surface area (Å²) in [5.74, 6) is -1.03. The van der Waals surface area contributed by atoms with Crippen molar-refractivity contribution in [3.63, 3.8) is 0 Å². The SMILES string of the molecule is CC(=O)Oc1cccc(C(=O)NCCNC(=O)C(c2ccccc2)c2ccccc2)c1. The Morgan fingerprint density at radius 2 is 1.35 bits per heavy atom. The molecule has 0 heterocycles. The van der Waals surface area contributed by atoms with Crippen LogP contribution in [-0.4, -0.2) is 30.9 Å². The van der Waals surface area contributed by atoms with Crippen LogP contribution in [0.25, 0.3) is 0 Å². The molecule has 3 aromatic carbocycles. The molecule has 6 heteroatoms. The van der Waals surface area contributed by atoms with E-state index < -0.39 is 11.9 Å². The molecule has 2 amide bonds. The summed E-state index contributed by atoms with van der Waals surface area (Å²) < 4.78 is 5.00. The van der Waals surface area contributed by atoms with Crippen molar-refractivity contribution in [1.29, 1.82) is 0 Å². The maximum Gasteiger partial charge on any atom is 0.308 e. The Morgan fingerprint density at radius 3 is 1.94 bits per heavy atom. The standard InChI is InChI=1S/C25H24N2O4/c1-18(28)31-22-14-8-13-21(17-22)24(29)26-15-16-27-25(30)23(19-9-4-2-5-10-19)20-11-6-3-7-12-20/h2-14,17,23H,15-16H2,1H3,(H,26,29)(H,27,30). The van der Waals surface area contributed by atoms with E-state index >= 15 is 0 Å². The van der Waals surface area contributed by atoms with Gasteiger partial charge in [-0.25, -0.2) is 0 Å². The van der Waals surface area contributed by atoms with E-state index in [4.69, 9.17) is 4.74 Å². The second-order valence-electron chi connectivity index (χ2n) is 6.92. The average molecular weight is 416 g/mol. The highest BCUT2D eigenvalue weighted by Crippen LogP contribution is 2.24. The lowest BCUT2D eigenvalue weighted by Gasteiger charge is -2.18. The molecule has 2 N–H and O–H groups in total. The van der Waals surface area contributed by atoms with Crippen molar-refractivity contribution in [2.75, 3.05) is 13.1 Å². The summed E-state index contributed by atoms with van der Waals surface area (Å²) in [5, 5.41) is 5.66. The number of nitrogens with one attached hydrogen (secondary N) is 2. The smallest absolute Gasteiger partial charge is 0.308 e. The van der Waals surface area contributed by atoms with Gasteiger partial charge in [-0.05, 0) is 29.3 Å². The number of benzene rings is 3. The van der Waals surface area contributed by atoms with Gasteiger partial charge >= 0.3 is 5.97 Å². The van der Waals surface area contributed by atoms with E-state index in [2.05, 4.69) is 10.6 Å². The normalized spacial score (nSPS) is 10.4. The van der Waals surface area contributed by atoms with Crippen LogP contribution in [0.4, 0.5) is 0 Å². The highest BCUT2D eigenvalue weighted by atomic mass is 16.5. The van der Waals surface area contributed by atoms with Crippen LogP contribution >= 0.6 is 0 Å². The summed E-state index contributed by atoms with van der Waals surface area (Å²) >= 11 is 0. The number of hydrogen-bond donors (Lipinski definition) is 2. The van der Waals surface area contributed by atoms with Crippen molar-refractivity contribution < 1.29 is 19.1 Å². The first-order valence-corrected chi connectivity index (χ1v) is 9.99. The van der Waals surface area contributed by atoms with E-state index in [-0.39, 0.29) is 24.9 Å². The summed E-state index contributed by atoms with van der Waals surface area (Å²) in [6.45, 7) is 1.84. The molecule has 6 nitrogen and oxygen atoms in total. The summed E-state index contributed by atoms with van der Waals surface area (Å²) in [6, 6.07) is 25.5. The number of ether oxygens (including phenoxy) is 1. The van der Waals surface area contributed by atoms with Gasteiger partial charge in [-0.2, -0.15) is 0 Å². The summed E-state index contributed by atoms with van der Waals surface area (Å²) in [6.07, 6.45) is 0. The Labute approximate surface area is 181 Å². The fourth-order valence-electron chi connectivity index (χ4n) is 3.22. The van der Waals surface area contributed by atoms with Gasteiger partial charge in [0.15, 0.2) is 0 Å². The third-order valence-electron chi connectivity index (χ3n) is 4.60. The van der Waals surface area contributed by atoms with E-state index in [0.29, 0.717) is 11.3 Å². The van der Waals surface area contributed by atoms with Crippen molar-refractivity contribution in [3.8, 4) is 5.75 Å². The van der Waals surface area contributed by atoms with Crippen LogP contribution in [0.1, 0.15) is 34.3 Å². The number of rotatable bonds is 8. The van der Waals surface area contributed by atoms with Crippen LogP contribution in [0, 0.1) is 0 Å². The van der Waals surface area contributed by atoms with Gasteiger partial charge in [0.1, 0.15) is 5.75 Å². The van der Waals surface area contributed by atoms with Crippen LogP contribution in [-0.2, 0) is 9.59 Å². The Kier molecular flexibility index (Phi) is 7.54. The van der Waals surface area contributed by atoms with E-state index in [9.17, 15) is 14.4 Å². The molecule has 0 radical (unpaired) electrons. The molecule has 0 bridgehead atoms. The van der Waals surface area contributed by atoms with Gasteiger partial charge in [0.25, 0.3) is 5.91 Å². The largest absolute Gasteiger partial charge is 0.427 e. The number of esters is 1. The van der Waals surface area contributed by atoms with Crippen LogP contribution in [0.3, 0.4) is 0 Å². The zero-order valence-corrected chi connectivity index (χ0v) is 17.2. The van der Waals surface area contributed by atoms with E-state index in [1.165, 1.54) is 13.0 Å². The van der Waals surface area contributed by atoms with Gasteiger partial charge in [0.05, 0.1) is 5.92 Å². The minimum atomic E-state index is -0.452. The minimum absolute atomic E-state index is 0.136. The lowest BCUT2D eigenvalue weighted by Crippen LogP contribution is -2.37. The molecule has 31 heavy (non-hydrogen) atoms. The fourth-order valence-corrected chi connectivity index (χ4v) is 3.22. The van der Waals surface area contributed by atoms with Crippen LogP contribution in [0.5, 0.6) is 5.75 Å². The maximum absolute atomic E-state index is 12.9. The Bertz CT molecular complexity index is 996. The molecule has 0 aliphatic heterocycles. The molecule has 0 fully saturated rings. The van der Waals surface area contributed by atoms with Gasteiger partial charge in [-0.3, -0.25) is 14.4 Å². The van der Waals surface area contributed by atoms with Crippen molar-refractivity contribution in [2.24, 2.45) is 0 Å². The van der Waals surface area contributed by atoms with Crippen molar-refractivity contribution in [2.45, 2.75) is 12.8 Å². The van der Waals surface area contributed by atoms with Gasteiger partial charge in [-0.1, -0.05) is 66.7 Å². The van der Waals surface area contributed by atoms with Crippen LogP contribution in [0.2, 0.25) is 0 Å². The first kappa shape index (κ1) is 21.8. The minimum Gasteiger partial charge on any atom is -0.427 e. The first-order chi connectivity index (χ1) is 15.0. The number of carbonyl (C=O) groups excluding carboxylic acids is 3. The third-order valence-corrected chi connectivity index (χ3v) is 4.60.